The zero-order valence-corrected chi connectivity index (χ0v) is 8.00. The molecule has 0 bridgehead atoms. The van der Waals surface area contributed by atoms with Gasteiger partial charge in [0.15, 0.2) is 11.5 Å². The molecule has 0 spiro atoms. The highest BCUT2D eigenvalue weighted by Gasteiger charge is 2.21. The van der Waals surface area contributed by atoms with Gasteiger partial charge in [0.1, 0.15) is 0 Å². The first kappa shape index (κ1) is 11.7. The van der Waals surface area contributed by atoms with Crippen molar-refractivity contribution in [1.82, 2.24) is 0 Å². The molecule has 4 nitrogen and oxygen atoms in total. The van der Waals surface area contributed by atoms with Gasteiger partial charge in [-0.2, -0.15) is 8.78 Å². The first-order valence-electron chi connectivity index (χ1n) is 4.14. The predicted octanol–water partition coefficient (Wildman–Crippen LogP) is 0.671. The molecule has 0 radical (unpaired) electrons. The monoisotopic (exact) mass is 219 g/mol. The summed E-state index contributed by atoms with van der Waals surface area (Å²) in [5.74, 6) is -4.00. The van der Waals surface area contributed by atoms with E-state index in [9.17, 15) is 13.9 Å². The molecule has 0 aliphatic heterocycles. The fourth-order valence-electron chi connectivity index (χ4n) is 1.14. The molecule has 15 heavy (non-hydrogen) atoms. The minimum Gasteiger partial charge on any atom is -0.505 e. The Morgan fingerprint density at radius 3 is 2.53 bits per heavy atom. The fourth-order valence-corrected chi connectivity index (χ4v) is 1.14. The second-order valence-corrected chi connectivity index (χ2v) is 2.93. The number of hydrogen-bond donors (Lipinski definition) is 3. The van der Waals surface area contributed by atoms with E-state index in [1.165, 1.54) is 0 Å². The third kappa shape index (κ3) is 2.00. The van der Waals surface area contributed by atoms with E-state index < -0.39 is 30.0 Å². The summed E-state index contributed by atoms with van der Waals surface area (Å²) in [5, 5.41) is 18.0. The number of benzene rings is 1. The second-order valence-electron chi connectivity index (χ2n) is 2.93. The molecule has 1 aromatic rings. The third-order valence-electron chi connectivity index (χ3n) is 1.99. The molecule has 1 aromatic carbocycles. The highest BCUT2D eigenvalue weighted by molar-refractivity contribution is 5.43. The van der Waals surface area contributed by atoms with Gasteiger partial charge < -0.3 is 20.7 Å². The summed E-state index contributed by atoms with van der Waals surface area (Å²) in [6, 6.07) is 0.0586. The molecular weight excluding hydrogens is 208 g/mol. The minimum atomic E-state index is -1.44. The fraction of sp³-hybridized carbons (Fsp3) is 0.333. The lowest BCUT2D eigenvalue weighted by molar-refractivity contribution is 0.262. The molecule has 0 saturated carbocycles. The zero-order valence-electron chi connectivity index (χ0n) is 8.00. The summed E-state index contributed by atoms with van der Waals surface area (Å²) >= 11 is 0. The van der Waals surface area contributed by atoms with Crippen LogP contribution >= 0.6 is 0 Å². The van der Waals surface area contributed by atoms with Crippen LogP contribution in [0.3, 0.4) is 0 Å². The van der Waals surface area contributed by atoms with E-state index in [-0.39, 0.29) is 11.3 Å². The van der Waals surface area contributed by atoms with Crippen molar-refractivity contribution in [3.63, 3.8) is 0 Å². The average Bonchev–Trinajstić information content (AvgIpc) is 2.25. The number of phenols is 1. The highest BCUT2D eigenvalue weighted by atomic mass is 19.2. The molecule has 0 amide bonds. The lowest BCUT2D eigenvalue weighted by Crippen LogP contribution is -2.15. The van der Waals surface area contributed by atoms with E-state index in [2.05, 4.69) is 4.74 Å². The Morgan fingerprint density at radius 2 is 2.07 bits per heavy atom. The van der Waals surface area contributed by atoms with Gasteiger partial charge in [0.05, 0.1) is 19.8 Å². The summed E-state index contributed by atoms with van der Waals surface area (Å²) in [5.41, 5.74) is 5.28. The zero-order chi connectivity index (χ0) is 11.6. The number of aliphatic hydroxyl groups is 1. The Balaban J connectivity index is 3.35. The van der Waals surface area contributed by atoms with Gasteiger partial charge >= 0.3 is 0 Å². The number of aliphatic hydroxyl groups excluding tert-OH is 1. The number of methoxy groups -OCH3 is 1. The van der Waals surface area contributed by atoms with Crippen LogP contribution in [0, 0.1) is 11.6 Å². The Labute approximate surface area is 84.9 Å². The molecule has 0 fully saturated rings. The molecule has 0 aromatic heterocycles. The second kappa shape index (κ2) is 4.41. The summed E-state index contributed by atoms with van der Waals surface area (Å²) in [7, 11) is 1.16. The molecule has 0 saturated heterocycles. The van der Waals surface area contributed by atoms with Crippen molar-refractivity contribution in [2.75, 3.05) is 13.7 Å². The number of nitrogens with two attached hydrogens (primary N) is 1. The lowest BCUT2D eigenvalue weighted by Gasteiger charge is -2.13. The normalized spacial score (nSPS) is 12.6. The van der Waals surface area contributed by atoms with Crippen molar-refractivity contribution >= 4 is 0 Å². The molecule has 0 aliphatic carbocycles. The summed E-state index contributed by atoms with van der Waals surface area (Å²) in [4.78, 5) is 0. The van der Waals surface area contributed by atoms with Gasteiger partial charge in [0.2, 0.25) is 11.6 Å². The number of hydrogen-bond acceptors (Lipinski definition) is 4. The van der Waals surface area contributed by atoms with Gasteiger partial charge in [0.25, 0.3) is 0 Å². The maximum atomic E-state index is 13.1. The number of halogens is 2. The van der Waals surface area contributed by atoms with E-state index in [1.54, 1.807) is 0 Å². The van der Waals surface area contributed by atoms with E-state index >= 15 is 0 Å². The van der Waals surface area contributed by atoms with Crippen molar-refractivity contribution < 1.29 is 23.7 Å². The van der Waals surface area contributed by atoms with Crippen LogP contribution in [0.4, 0.5) is 8.78 Å². The lowest BCUT2D eigenvalue weighted by atomic mass is 10.1. The summed E-state index contributed by atoms with van der Waals surface area (Å²) in [6.45, 7) is -0.498. The SMILES string of the molecule is COc1cc([C@@H](N)CO)c(O)c(F)c1F. The van der Waals surface area contributed by atoms with Crippen molar-refractivity contribution in [2.24, 2.45) is 5.73 Å². The Kier molecular flexibility index (Phi) is 3.43. The van der Waals surface area contributed by atoms with Crippen molar-refractivity contribution in [3.05, 3.63) is 23.3 Å². The first-order valence-corrected chi connectivity index (χ1v) is 4.14. The number of rotatable bonds is 3. The van der Waals surface area contributed by atoms with Crippen molar-refractivity contribution in [3.8, 4) is 11.5 Å². The largest absolute Gasteiger partial charge is 0.505 e. The Morgan fingerprint density at radius 1 is 1.47 bits per heavy atom. The van der Waals surface area contributed by atoms with Crippen LogP contribution in [-0.4, -0.2) is 23.9 Å². The maximum absolute atomic E-state index is 13.1. The Bertz CT molecular complexity index is 371. The molecule has 84 valence electrons. The molecule has 0 unspecified atom stereocenters. The van der Waals surface area contributed by atoms with Crippen molar-refractivity contribution in [1.29, 1.82) is 0 Å². The minimum absolute atomic E-state index is 0.103. The third-order valence-corrected chi connectivity index (χ3v) is 1.99. The number of phenolic OH excluding ortho intramolecular Hbond substituents is 1. The van der Waals surface area contributed by atoms with Crippen LogP contribution < -0.4 is 10.5 Å². The molecular formula is C9H11F2NO3. The number of aromatic hydroxyl groups is 1. The van der Waals surface area contributed by atoms with Gasteiger partial charge in [-0.1, -0.05) is 0 Å². The number of ether oxygens (including phenoxy) is 1. The van der Waals surface area contributed by atoms with Gasteiger partial charge in [0, 0.05) is 5.56 Å². The molecule has 1 rings (SSSR count). The first-order chi connectivity index (χ1) is 7.02. The van der Waals surface area contributed by atoms with Gasteiger partial charge in [-0.3, -0.25) is 0 Å². The molecule has 6 heteroatoms. The smallest absolute Gasteiger partial charge is 0.204 e. The van der Waals surface area contributed by atoms with Gasteiger partial charge in [-0.05, 0) is 6.07 Å². The van der Waals surface area contributed by atoms with Gasteiger partial charge in [-0.15, -0.1) is 0 Å². The standard InChI is InChI=1S/C9H11F2NO3/c1-15-6-2-4(5(12)3-13)9(14)8(11)7(6)10/h2,5,13-14H,3,12H2,1H3/t5-/m0/s1. The van der Waals surface area contributed by atoms with E-state index in [1.807, 2.05) is 0 Å². The Hall–Kier alpha value is -1.40. The van der Waals surface area contributed by atoms with Crippen LogP contribution in [0.2, 0.25) is 0 Å². The van der Waals surface area contributed by atoms with E-state index in [0.717, 1.165) is 13.2 Å². The molecule has 0 aliphatic rings. The average molecular weight is 219 g/mol. The van der Waals surface area contributed by atoms with Gasteiger partial charge in [-0.25, -0.2) is 0 Å². The van der Waals surface area contributed by atoms with Crippen LogP contribution in [-0.2, 0) is 0 Å². The molecule has 1 atom stereocenters. The maximum Gasteiger partial charge on any atom is 0.204 e. The quantitative estimate of drug-likeness (QED) is 0.698. The van der Waals surface area contributed by atoms with Crippen LogP contribution in [0.25, 0.3) is 0 Å². The van der Waals surface area contributed by atoms with Crippen LogP contribution in [0.1, 0.15) is 11.6 Å². The predicted molar refractivity (Wildman–Crippen MR) is 48.6 cm³/mol. The highest BCUT2D eigenvalue weighted by Crippen LogP contribution is 2.33. The van der Waals surface area contributed by atoms with E-state index in [4.69, 9.17) is 10.8 Å². The summed E-state index contributed by atoms with van der Waals surface area (Å²) in [6.07, 6.45) is 0. The van der Waals surface area contributed by atoms with E-state index in [0.29, 0.717) is 0 Å². The summed E-state index contributed by atoms with van der Waals surface area (Å²) < 4.78 is 30.7. The molecule has 0 heterocycles. The molecule has 4 N–H and O–H groups in total. The van der Waals surface area contributed by atoms with Crippen LogP contribution in [0.15, 0.2) is 6.07 Å². The topological polar surface area (TPSA) is 75.7 Å². The van der Waals surface area contributed by atoms with Crippen LogP contribution in [0.5, 0.6) is 11.5 Å². The van der Waals surface area contributed by atoms with Crippen molar-refractivity contribution in [2.45, 2.75) is 6.04 Å².